The Balaban J connectivity index is 4.81. The van der Waals surface area contributed by atoms with Gasteiger partial charge in [-0.15, -0.1) is 0 Å². The zero-order valence-electron chi connectivity index (χ0n) is 7.64. The van der Waals surface area contributed by atoms with Crippen LogP contribution in [0.2, 0.25) is 0 Å². The minimum absolute atomic E-state index is 0.957. The van der Waals surface area contributed by atoms with E-state index >= 15 is 0 Å². The van der Waals surface area contributed by atoms with Crippen LogP contribution in [0.4, 0.5) is 0 Å². The summed E-state index contributed by atoms with van der Waals surface area (Å²) in [5.74, 6) is 0. The molecule has 0 bridgehead atoms. The van der Waals surface area contributed by atoms with Crippen molar-refractivity contribution >= 4 is 16.7 Å². The van der Waals surface area contributed by atoms with Crippen LogP contribution in [-0.4, -0.2) is 59.0 Å². The van der Waals surface area contributed by atoms with Crippen LogP contribution < -0.4 is 0 Å². The highest BCUT2D eigenvalue weighted by Gasteiger charge is 2.35. The van der Waals surface area contributed by atoms with Crippen molar-refractivity contribution in [2.24, 2.45) is 0 Å². The topological polar surface area (TPSA) is 141 Å². The number of hydrogen-bond acceptors (Lipinski definition) is 7. The minimum atomic E-state index is -4.97. The van der Waals surface area contributed by atoms with Gasteiger partial charge < -0.3 is 15.3 Å². The second kappa shape index (κ2) is 5.49. The summed E-state index contributed by atoms with van der Waals surface area (Å²) >= 11 is 0. The van der Waals surface area contributed by atoms with Crippen LogP contribution in [0, 0.1) is 0 Å². The van der Waals surface area contributed by atoms with E-state index in [1.165, 1.54) is 0 Å². The first-order valence-electron chi connectivity index (χ1n) is 3.76. The van der Waals surface area contributed by atoms with Crippen molar-refractivity contribution in [1.82, 2.24) is 0 Å². The maximum atomic E-state index is 10.3. The molecule has 0 aliphatic rings. The highest BCUT2D eigenvalue weighted by atomic mass is 32.3. The van der Waals surface area contributed by atoms with Crippen LogP contribution in [0.5, 0.6) is 0 Å². The number of aliphatic hydroxyl groups is 3. The molecule has 0 spiro atoms. The maximum Gasteiger partial charge on any atom is 0.397 e. The molecule has 0 amide bonds. The van der Waals surface area contributed by atoms with Gasteiger partial charge in [-0.25, -0.2) is 4.18 Å². The second-order valence-corrected chi connectivity index (χ2v) is 3.83. The molecule has 0 aromatic rings. The van der Waals surface area contributed by atoms with E-state index < -0.39 is 34.8 Å². The van der Waals surface area contributed by atoms with Gasteiger partial charge in [0, 0.05) is 0 Å². The Morgan fingerprint density at radius 3 is 2.00 bits per heavy atom. The lowest BCUT2D eigenvalue weighted by Crippen LogP contribution is -2.46. The van der Waals surface area contributed by atoms with E-state index in [9.17, 15) is 13.2 Å². The fraction of sp³-hybridized carbons (Fsp3) is 0.833. The van der Waals surface area contributed by atoms with E-state index in [2.05, 4.69) is 4.18 Å². The molecule has 0 saturated heterocycles. The molecule has 0 saturated carbocycles. The van der Waals surface area contributed by atoms with Crippen LogP contribution >= 0.6 is 0 Å². The van der Waals surface area contributed by atoms with Gasteiger partial charge in [0.25, 0.3) is 0 Å². The third-order valence-corrected chi connectivity index (χ3v) is 1.96. The van der Waals surface area contributed by atoms with Gasteiger partial charge in [0.2, 0.25) is 6.29 Å². The smallest absolute Gasteiger partial charge is 0.391 e. The molecule has 0 aliphatic heterocycles. The highest BCUT2D eigenvalue weighted by molar-refractivity contribution is 7.80. The van der Waals surface area contributed by atoms with Crippen molar-refractivity contribution < 1.29 is 37.3 Å². The van der Waals surface area contributed by atoms with Gasteiger partial charge in [0.05, 0.1) is 6.10 Å². The lowest BCUT2D eigenvalue weighted by atomic mass is 10.1. The van der Waals surface area contributed by atoms with E-state index in [-0.39, 0.29) is 0 Å². The standard InChI is InChI=1S/C6H11O8S/c1-3(8)5(10)6(4(9)2-7)14-15(11,12)13/h3-6,8-10H,1H3,(H,11,12,13)/t3-,4+,5-,6-/m1/s1. The van der Waals surface area contributed by atoms with Crippen molar-refractivity contribution in [2.75, 3.05) is 0 Å². The molecule has 0 unspecified atom stereocenters. The molecule has 0 fully saturated rings. The van der Waals surface area contributed by atoms with Gasteiger partial charge in [-0.3, -0.25) is 9.35 Å². The molecule has 9 heteroatoms. The van der Waals surface area contributed by atoms with Crippen LogP contribution in [0.1, 0.15) is 6.92 Å². The van der Waals surface area contributed by atoms with E-state index in [1.807, 2.05) is 0 Å². The Kier molecular flexibility index (Phi) is 5.28. The van der Waals surface area contributed by atoms with Gasteiger partial charge in [-0.2, -0.15) is 8.42 Å². The van der Waals surface area contributed by atoms with Crippen molar-refractivity contribution in [3.05, 3.63) is 0 Å². The van der Waals surface area contributed by atoms with Crippen molar-refractivity contribution in [2.45, 2.75) is 31.3 Å². The summed E-state index contributed by atoms with van der Waals surface area (Å²) in [6.45, 7) is 1.07. The Morgan fingerprint density at radius 2 is 1.73 bits per heavy atom. The van der Waals surface area contributed by atoms with Crippen molar-refractivity contribution in [1.29, 1.82) is 0 Å². The molecule has 15 heavy (non-hydrogen) atoms. The first-order chi connectivity index (χ1) is 6.69. The Morgan fingerprint density at radius 1 is 1.27 bits per heavy atom. The third-order valence-electron chi connectivity index (χ3n) is 1.50. The highest BCUT2D eigenvalue weighted by Crippen LogP contribution is 2.10. The van der Waals surface area contributed by atoms with Gasteiger partial charge >= 0.3 is 10.4 Å². The van der Waals surface area contributed by atoms with Gasteiger partial charge in [-0.05, 0) is 6.92 Å². The molecule has 0 aromatic carbocycles. The fourth-order valence-corrected chi connectivity index (χ4v) is 1.28. The van der Waals surface area contributed by atoms with Crippen molar-refractivity contribution in [3.8, 4) is 0 Å². The van der Waals surface area contributed by atoms with E-state index in [0.29, 0.717) is 0 Å². The predicted octanol–water partition coefficient (Wildman–Crippen LogP) is -2.61. The molecule has 0 aliphatic carbocycles. The van der Waals surface area contributed by atoms with Gasteiger partial charge in [0.1, 0.15) is 12.2 Å². The minimum Gasteiger partial charge on any atom is -0.391 e. The normalized spacial score (nSPS) is 20.3. The molecule has 1 radical (unpaired) electrons. The second-order valence-electron chi connectivity index (χ2n) is 2.78. The summed E-state index contributed by atoms with van der Waals surface area (Å²) in [6, 6.07) is 0. The third kappa shape index (κ3) is 5.16. The lowest BCUT2D eigenvalue weighted by Gasteiger charge is -2.24. The number of carbonyl (C=O) groups excluding carboxylic acids is 1. The summed E-state index contributed by atoms with van der Waals surface area (Å²) in [5, 5.41) is 27.0. The predicted molar refractivity (Wildman–Crippen MR) is 45.8 cm³/mol. The zero-order chi connectivity index (χ0) is 12.2. The average Bonchev–Trinajstić information content (AvgIpc) is 2.10. The fourth-order valence-electron chi connectivity index (χ4n) is 0.778. The molecule has 4 atom stereocenters. The van der Waals surface area contributed by atoms with Crippen LogP contribution in [0.15, 0.2) is 0 Å². The number of aliphatic hydroxyl groups excluding tert-OH is 3. The molecule has 4 N–H and O–H groups in total. The van der Waals surface area contributed by atoms with Gasteiger partial charge in [0.15, 0.2) is 6.10 Å². The van der Waals surface area contributed by atoms with Crippen LogP contribution in [0.3, 0.4) is 0 Å². The first-order valence-corrected chi connectivity index (χ1v) is 5.13. The molecule has 89 valence electrons. The average molecular weight is 243 g/mol. The summed E-state index contributed by atoms with van der Waals surface area (Å²) < 4.78 is 32.7. The van der Waals surface area contributed by atoms with E-state index in [4.69, 9.17) is 19.9 Å². The molecule has 0 rings (SSSR count). The maximum absolute atomic E-state index is 10.3. The Bertz CT molecular complexity index is 296. The lowest BCUT2D eigenvalue weighted by molar-refractivity contribution is -0.0726. The quantitative estimate of drug-likeness (QED) is 0.372. The molecule has 8 nitrogen and oxygen atoms in total. The number of hydrogen-bond donors (Lipinski definition) is 4. The van der Waals surface area contributed by atoms with Crippen LogP contribution in [0.25, 0.3) is 0 Å². The van der Waals surface area contributed by atoms with Gasteiger partial charge in [-0.1, -0.05) is 0 Å². The zero-order valence-corrected chi connectivity index (χ0v) is 8.46. The monoisotopic (exact) mass is 243 g/mol. The molecular formula is C6H11O8S. The summed E-state index contributed by atoms with van der Waals surface area (Å²) in [6.07, 6.45) is -6.52. The van der Waals surface area contributed by atoms with Crippen LogP contribution in [-0.2, 0) is 19.4 Å². The molecule has 0 heterocycles. The summed E-state index contributed by atoms with van der Waals surface area (Å²) in [4.78, 5) is 10.0. The first kappa shape index (κ1) is 14.4. The summed E-state index contributed by atoms with van der Waals surface area (Å²) in [7, 11) is -4.97. The largest absolute Gasteiger partial charge is 0.397 e. The summed E-state index contributed by atoms with van der Waals surface area (Å²) in [5.41, 5.74) is 0. The SMILES string of the molecule is C[C@@H](O)[C@@H](O)[C@H](OS(=O)(=O)O)[C@@H](O)[C]=O. The van der Waals surface area contributed by atoms with E-state index in [0.717, 1.165) is 13.2 Å². The molecule has 0 aromatic heterocycles. The van der Waals surface area contributed by atoms with Crippen molar-refractivity contribution in [3.63, 3.8) is 0 Å². The van der Waals surface area contributed by atoms with E-state index in [1.54, 1.807) is 0 Å². The Labute approximate surface area is 86.1 Å². The Hall–Kier alpha value is -0.580. The molecular weight excluding hydrogens is 232 g/mol. The number of rotatable bonds is 6.